The Morgan fingerprint density at radius 2 is 1.94 bits per heavy atom. The Balaban J connectivity index is 0.00000289. The van der Waals surface area contributed by atoms with Gasteiger partial charge in [-0.15, -0.1) is 12.4 Å². The second-order valence-corrected chi connectivity index (χ2v) is 8.27. The van der Waals surface area contributed by atoms with Crippen LogP contribution in [0.2, 0.25) is 5.02 Å². The van der Waals surface area contributed by atoms with Crippen LogP contribution in [-0.2, 0) is 4.79 Å². The zero-order valence-electron chi connectivity index (χ0n) is 17.6. The van der Waals surface area contributed by atoms with Gasteiger partial charge in [0.05, 0.1) is 23.0 Å². The third kappa shape index (κ3) is 5.41. The number of nitriles is 1. The maximum absolute atomic E-state index is 13.3. The number of rotatable bonds is 5. The zero-order chi connectivity index (χ0) is 21.7. The summed E-state index contributed by atoms with van der Waals surface area (Å²) < 4.78 is 6.21. The van der Waals surface area contributed by atoms with Crippen molar-refractivity contribution in [3.63, 3.8) is 0 Å². The van der Waals surface area contributed by atoms with Crippen LogP contribution in [0.3, 0.4) is 0 Å². The number of hydrogen-bond donors (Lipinski definition) is 2. The molecule has 32 heavy (non-hydrogen) atoms. The van der Waals surface area contributed by atoms with E-state index in [-0.39, 0.29) is 18.3 Å². The Morgan fingerprint density at radius 1 is 1.19 bits per heavy atom. The second-order valence-electron chi connectivity index (χ2n) is 7.86. The van der Waals surface area contributed by atoms with Crippen LogP contribution in [0.5, 0.6) is 5.75 Å². The zero-order valence-corrected chi connectivity index (χ0v) is 19.2. The Labute approximate surface area is 198 Å². The first-order valence-electron chi connectivity index (χ1n) is 10.6. The summed E-state index contributed by atoms with van der Waals surface area (Å²) in [6.07, 6.45) is 7.33. The number of carbonyl (C=O) groups is 1. The van der Waals surface area contributed by atoms with Crippen LogP contribution in [0, 0.1) is 11.3 Å². The topological polar surface area (TPSA) is 103 Å². The van der Waals surface area contributed by atoms with Crippen LogP contribution in [-0.4, -0.2) is 47.7 Å². The molecule has 2 fully saturated rings. The molecule has 170 valence electrons. The summed E-state index contributed by atoms with van der Waals surface area (Å²) in [5, 5.41) is 15.6. The van der Waals surface area contributed by atoms with E-state index in [0.29, 0.717) is 35.0 Å². The van der Waals surface area contributed by atoms with Gasteiger partial charge in [0.25, 0.3) is 5.91 Å². The van der Waals surface area contributed by atoms with Gasteiger partial charge in [-0.3, -0.25) is 4.79 Å². The van der Waals surface area contributed by atoms with E-state index in [0.717, 1.165) is 51.3 Å². The average molecular weight is 477 g/mol. The molecule has 1 saturated heterocycles. The van der Waals surface area contributed by atoms with Crippen molar-refractivity contribution >= 4 is 41.6 Å². The smallest absolute Gasteiger partial charge is 0.269 e. The standard InChI is InChI=1S/C22H25ClN6O2.ClH/c23-18-12-17(5-4-16(18)13-24)31-22(6-2-1-3-7-22)21(30)28-19-14-27-20(15-26-19)29-10-8-25-9-11-29;/h4-5,12,14-15,25H,1-3,6-11H2,(H,26,28,30);1H. The molecule has 8 nitrogen and oxygen atoms in total. The number of piperazine rings is 1. The monoisotopic (exact) mass is 476 g/mol. The molecule has 2 N–H and O–H groups in total. The number of amides is 1. The summed E-state index contributed by atoms with van der Waals surface area (Å²) in [6.45, 7) is 3.59. The van der Waals surface area contributed by atoms with Gasteiger partial charge < -0.3 is 20.3 Å². The Kier molecular flexibility index (Phi) is 8.13. The lowest BCUT2D eigenvalue weighted by Gasteiger charge is -2.36. The van der Waals surface area contributed by atoms with Crippen LogP contribution in [0.4, 0.5) is 11.6 Å². The molecule has 2 aliphatic rings. The fourth-order valence-electron chi connectivity index (χ4n) is 4.05. The van der Waals surface area contributed by atoms with Crippen molar-refractivity contribution in [3.05, 3.63) is 41.2 Å². The molecule has 4 rings (SSSR count). The molecule has 0 radical (unpaired) electrons. The summed E-state index contributed by atoms with van der Waals surface area (Å²) >= 11 is 6.15. The summed E-state index contributed by atoms with van der Waals surface area (Å²) in [7, 11) is 0. The van der Waals surface area contributed by atoms with Gasteiger partial charge in [0, 0.05) is 32.2 Å². The van der Waals surface area contributed by atoms with Gasteiger partial charge in [-0.05, 0) is 37.8 Å². The van der Waals surface area contributed by atoms with Gasteiger partial charge in [0.1, 0.15) is 17.6 Å². The van der Waals surface area contributed by atoms with Crippen LogP contribution in [0.15, 0.2) is 30.6 Å². The van der Waals surface area contributed by atoms with E-state index in [1.54, 1.807) is 30.6 Å². The van der Waals surface area contributed by atoms with Gasteiger partial charge in [-0.2, -0.15) is 5.26 Å². The number of benzene rings is 1. The highest BCUT2D eigenvalue weighted by atomic mass is 35.5. The molecule has 1 aromatic heterocycles. The summed E-state index contributed by atoms with van der Waals surface area (Å²) in [5.74, 6) is 1.43. The highest BCUT2D eigenvalue weighted by Crippen LogP contribution is 2.35. The molecule has 1 aliphatic heterocycles. The van der Waals surface area contributed by atoms with Crippen molar-refractivity contribution in [2.24, 2.45) is 0 Å². The third-order valence-electron chi connectivity index (χ3n) is 5.77. The molecule has 2 aromatic rings. The van der Waals surface area contributed by atoms with E-state index in [1.807, 2.05) is 6.07 Å². The fourth-order valence-corrected chi connectivity index (χ4v) is 4.26. The number of halogens is 2. The molecule has 10 heteroatoms. The van der Waals surface area contributed by atoms with Crippen LogP contribution < -0.4 is 20.3 Å². The Bertz CT molecular complexity index is 967. The van der Waals surface area contributed by atoms with Crippen LogP contribution >= 0.6 is 24.0 Å². The number of nitrogens with one attached hydrogen (secondary N) is 2. The van der Waals surface area contributed by atoms with Gasteiger partial charge in [-0.25, -0.2) is 9.97 Å². The molecule has 0 spiro atoms. The van der Waals surface area contributed by atoms with E-state index in [9.17, 15) is 4.79 Å². The predicted molar refractivity (Wildman–Crippen MR) is 126 cm³/mol. The fraction of sp³-hybridized carbons (Fsp3) is 0.455. The van der Waals surface area contributed by atoms with Crippen LogP contribution in [0.25, 0.3) is 0 Å². The van der Waals surface area contributed by atoms with Crippen molar-refractivity contribution in [3.8, 4) is 11.8 Å². The first-order valence-corrected chi connectivity index (χ1v) is 11.0. The molecule has 1 aliphatic carbocycles. The molecule has 0 unspecified atom stereocenters. The largest absolute Gasteiger partial charge is 0.477 e. The third-order valence-corrected chi connectivity index (χ3v) is 6.08. The van der Waals surface area contributed by atoms with Crippen molar-refractivity contribution in [2.45, 2.75) is 37.7 Å². The number of ether oxygens (including phenoxy) is 1. The van der Waals surface area contributed by atoms with E-state index >= 15 is 0 Å². The number of anilines is 2. The van der Waals surface area contributed by atoms with Gasteiger partial charge in [0.2, 0.25) is 0 Å². The van der Waals surface area contributed by atoms with Crippen molar-refractivity contribution in [1.82, 2.24) is 15.3 Å². The lowest BCUT2D eigenvalue weighted by Crippen LogP contribution is -2.49. The molecule has 1 saturated carbocycles. The molecule has 0 atom stereocenters. The number of aromatic nitrogens is 2. The molecule has 0 bridgehead atoms. The molecular formula is C22H26Cl2N6O2. The van der Waals surface area contributed by atoms with Crippen molar-refractivity contribution in [1.29, 1.82) is 5.26 Å². The quantitative estimate of drug-likeness (QED) is 0.679. The summed E-state index contributed by atoms with van der Waals surface area (Å²) in [4.78, 5) is 24.3. The maximum atomic E-state index is 13.3. The minimum atomic E-state index is -1.01. The highest BCUT2D eigenvalue weighted by molar-refractivity contribution is 6.31. The van der Waals surface area contributed by atoms with E-state index in [2.05, 4.69) is 25.5 Å². The van der Waals surface area contributed by atoms with Gasteiger partial charge in [-0.1, -0.05) is 18.0 Å². The number of hydrogen-bond acceptors (Lipinski definition) is 7. The molecular weight excluding hydrogens is 451 g/mol. The van der Waals surface area contributed by atoms with Crippen LogP contribution in [0.1, 0.15) is 37.7 Å². The molecule has 1 aromatic carbocycles. The van der Waals surface area contributed by atoms with Crippen molar-refractivity contribution < 1.29 is 9.53 Å². The van der Waals surface area contributed by atoms with Gasteiger partial charge >= 0.3 is 0 Å². The predicted octanol–water partition coefficient (Wildman–Crippen LogP) is 3.55. The second kappa shape index (κ2) is 10.8. The Morgan fingerprint density at radius 3 is 2.56 bits per heavy atom. The highest BCUT2D eigenvalue weighted by Gasteiger charge is 2.42. The lowest BCUT2D eigenvalue weighted by molar-refractivity contribution is -0.134. The van der Waals surface area contributed by atoms with Gasteiger partial charge in [0.15, 0.2) is 11.4 Å². The van der Waals surface area contributed by atoms with Crippen molar-refractivity contribution in [2.75, 3.05) is 36.4 Å². The molecule has 1 amide bonds. The first kappa shape index (κ1) is 24.1. The van der Waals surface area contributed by atoms with E-state index in [1.165, 1.54) is 0 Å². The van der Waals surface area contributed by atoms with E-state index in [4.69, 9.17) is 21.6 Å². The normalized spacial score (nSPS) is 17.6. The minimum absolute atomic E-state index is 0. The number of carbonyl (C=O) groups excluding carboxylic acids is 1. The summed E-state index contributed by atoms with van der Waals surface area (Å²) in [5.41, 5.74) is -0.634. The number of nitrogens with zero attached hydrogens (tertiary/aromatic N) is 4. The SMILES string of the molecule is Cl.N#Cc1ccc(OC2(C(=O)Nc3cnc(N4CCNCC4)cn3)CCCCC2)cc1Cl. The lowest BCUT2D eigenvalue weighted by atomic mass is 9.83. The maximum Gasteiger partial charge on any atom is 0.269 e. The van der Waals surface area contributed by atoms with E-state index < -0.39 is 5.60 Å². The first-order chi connectivity index (χ1) is 15.1. The minimum Gasteiger partial charge on any atom is -0.477 e. The average Bonchev–Trinajstić information content (AvgIpc) is 2.81. The Hall–Kier alpha value is -2.60. The summed E-state index contributed by atoms with van der Waals surface area (Å²) in [6, 6.07) is 6.90. The molecule has 2 heterocycles.